The van der Waals surface area contributed by atoms with Crippen LogP contribution in [0.4, 0.5) is 0 Å². The minimum atomic E-state index is 0.120. The summed E-state index contributed by atoms with van der Waals surface area (Å²) in [6.07, 6.45) is 1.40. The number of hydrogen-bond donors (Lipinski definition) is 2. The van der Waals surface area contributed by atoms with Crippen molar-refractivity contribution >= 4 is 0 Å². The van der Waals surface area contributed by atoms with Crippen LogP contribution in [0.15, 0.2) is 0 Å². The van der Waals surface area contributed by atoms with Gasteiger partial charge in [0.25, 0.3) is 0 Å². The summed E-state index contributed by atoms with van der Waals surface area (Å²) in [5.74, 6) is 5.66. The van der Waals surface area contributed by atoms with Gasteiger partial charge >= 0.3 is 0 Å². The predicted molar refractivity (Wildman–Crippen MR) is 67.0 cm³/mol. The second-order valence-corrected chi connectivity index (χ2v) is 5.72. The van der Waals surface area contributed by atoms with Gasteiger partial charge < -0.3 is 4.74 Å². The van der Waals surface area contributed by atoms with Gasteiger partial charge in [0.2, 0.25) is 0 Å². The van der Waals surface area contributed by atoms with Gasteiger partial charge in [-0.25, -0.2) is 0 Å². The van der Waals surface area contributed by atoms with Gasteiger partial charge in [0, 0.05) is 13.1 Å². The highest BCUT2D eigenvalue weighted by Crippen LogP contribution is 2.24. The van der Waals surface area contributed by atoms with Gasteiger partial charge in [-0.2, -0.15) is 0 Å². The smallest absolute Gasteiger partial charge is 0.0873 e. The van der Waals surface area contributed by atoms with Crippen LogP contribution < -0.4 is 11.3 Å². The molecule has 16 heavy (non-hydrogen) atoms. The summed E-state index contributed by atoms with van der Waals surface area (Å²) >= 11 is 0. The first-order valence-electron chi connectivity index (χ1n) is 6.29. The molecule has 1 saturated heterocycles. The van der Waals surface area contributed by atoms with Crippen molar-refractivity contribution in [3.8, 4) is 0 Å². The molecule has 4 heteroatoms. The molecule has 3 N–H and O–H groups in total. The maximum Gasteiger partial charge on any atom is 0.0873 e. The highest BCUT2D eigenvalue weighted by atomic mass is 16.5. The molecule has 1 heterocycles. The van der Waals surface area contributed by atoms with E-state index in [9.17, 15) is 0 Å². The normalized spacial score (nSPS) is 25.7. The molecule has 1 aliphatic heterocycles. The highest BCUT2D eigenvalue weighted by molar-refractivity contribution is 4.89. The zero-order valence-electron chi connectivity index (χ0n) is 11.1. The average Bonchev–Trinajstić information content (AvgIpc) is 2.17. The number of morpholine rings is 1. The molecule has 0 aromatic heterocycles. The van der Waals surface area contributed by atoms with E-state index >= 15 is 0 Å². The van der Waals surface area contributed by atoms with Gasteiger partial charge in [-0.3, -0.25) is 16.2 Å². The summed E-state index contributed by atoms with van der Waals surface area (Å²) in [5.41, 5.74) is 3.04. The van der Waals surface area contributed by atoms with Crippen molar-refractivity contribution < 1.29 is 4.74 Å². The second kappa shape index (κ2) is 5.96. The van der Waals surface area contributed by atoms with E-state index in [-0.39, 0.29) is 17.6 Å². The molecule has 0 aromatic carbocycles. The van der Waals surface area contributed by atoms with Crippen molar-refractivity contribution in [2.75, 3.05) is 26.2 Å². The number of nitrogens with zero attached hydrogens (tertiary/aromatic N) is 1. The Labute approximate surface area is 99.5 Å². The topological polar surface area (TPSA) is 50.5 Å². The Morgan fingerprint density at radius 3 is 2.69 bits per heavy atom. The summed E-state index contributed by atoms with van der Waals surface area (Å²) in [6, 6.07) is 0.201. The number of nitrogens with one attached hydrogen (secondary N) is 1. The fraction of sp³-hybridized carbons (Fsp3) is 1.00. The van der Waals surface area contributed by atoms with Crippen LogP contribution in [0.25, 0.3) is 0 Å². The molecule has 2 atom stereocenters. The van der Waals surface area contributed by atoms with Crippen LogP contribution in [0.2, 0.25) is 0 Å². The fourth-order valence-electron chi connectivity index (χ4n) is 2.37. The van der Waals surface area contributed by atoms with Gasteiger partial charge in [0.15, 0.2) is 0 Å². The van der Waals surface area contributed by atoms with E-state index < -0.39 is 0 Å². The van der Waals surface area contributed by atoms with Crippen molar-refractivity contribution in [1.29, 1.82) is 0 Å². The van der Waals surface area contributed by atoms with E-state index in [4.69, 9.17) is 10.6 Å². The van der Waals surface area contributed by atoms with Crippen LogP contribution in [0.5, 0.6) is 0 Å². The SMILES string of the molecule is CCCN1CCOC(C(NN)C(C)(C)C)C1. The molecule has 1 aliphatic rings. The lowest BCUT2D eigenvalue weighted by atomic mass is 9.83. The van der Waals surface area contributed by atoms with Crippen LogP contribution in [0.1, 0.15) is 34.1 Å². The highest BCUT2D eigenvalue weighted by Gasteiger charge is 2.34. The molecule has 96 valence electrons. The summed E-state index contributed by atoms with van der Waals surface area (Å²) in [7, 11) is 0. The number of ether oxygens (including phenoxy) is 1. The van der Waals surface area contributed by atoms with Gasteiger partial charge in [0.1, 0.15) is 0 Å². The average molecular weight is 229 g/mol. The molecule has 0 radical (unpaired) electrons. The molecule has 0 aromatic rings. The van der Waals surface area contributed by atoms with E-state index in [1.165, 1.54) is 6.42 Å². The summed E-state index contributed by atoms with van der Waals surface area (Å²) in [6.45, 7) is 12.8. The molecule has 4 nitrogen and oxygen atoms in total. The van der Waals surface area contributed by atoms with Crippen molar-refractivity contribution in [1.82, 2.24) is 10.3 Å². The first kappa shape index (κ1) is 13.9. The van der Waals surface area contributed by atoms with Crippen LogP contribution in [-0.4, -0.2) is 43.3 Å². The largest absolute Gasteiger partial charge is 0.374 e. The van der Waals surface area contributed by atoms with Crippen molar-refractivity contribution in [3.05, 3.63) is 0 Å². The van der Waals surface area contributed by atoms with Gasteiger partial charge in [-0.15, -0.1) is 0 Å². The number of rotatable bonds is 4. The van der Waals surface area contributed by atoms with Crippen LogP contribution in [-0.2, 0) is 4.74 Å². The first-order chi connectivity index (χ1) is 7.49. The molecule has 0 amide bonds. The Hall–Kier alpha value is -0.160. The maximum absolute atomic E-state index is 5.85. The quantitative estimate of drug-likeness (QED) is 0.557. The molecule has 0 aliphatic carbocycles. The van der Waals surface area contributed by atoms with Crippen molar-refractivity contribution in [2.45, 2.75) is 46.3 Å². The van der Waals surface area contributed by atoms with Crippen LogP contribution in [0, 0.1) is 5.41 Å². The monoisotopic (exact) mass is 229 g/mol. The maximum atomic E-state index is 5.85. The van der Waals surface area contributed by atoms with E-state index in [0.717, 1.165) is 26.2 Å². The van der Waals surface area contributed by atoms with Crippen LogP contribution >= 0.6 is 0 Å². The Morgan fingerprint density at radius 1 is 1.50 bits per heavy atom. The van der Waals surface area contributed by atoms with E-state index in [2.05, 4.69) is 38.0 Å². The first-order valence-corrected chi connectivity index (χ1v) is 6.29. The molecule has 0 spiro atoms. The third kappa shape index (κ3) is 3.70. The third-order valence-electron chi connectivity index (χ3n) is 3.20. The second-order valence-electron chi connectivity index (χ2n) is 5.72. The molecular formula is C12H27N3O. The zero-order valence-corrected chi connectivity index (χ0v) is 11.1. The van der Waals surface area contributed by atoms with E-state index in [1.54, 1.807) is 0 Å². The fourth-order valence-corrected chi connectivity index (χ4v) is 2.37. The van der Waals surface area contributed by atoms with E-state index in [0.29, 0.717) is 0 Å². The standard InChI is InChI=1S/C12H27N3O/c1-5-6-15-7-8-16-10(9-15)11(14-13)12(2,3)4/h10-11,14H,5-9,13H2,1-4H3. The molecule has 1 fully saturated rings. The van der Waals surface area contributed by atoms with Crippen molar-refractivity contribution in [2.24, 2.45) is 11.3 Å². The predicted octanol–water partition coefficient (Wildman–Crippen LogP) is 0.975. The molecule has 0 bridgehead atoms. The van der Waals surface area contributed by atoms with Gasteiger partial charge in [0.05, 0.1) is 18.8 Å². The Bertz CT molecular complexity index is 201. The van der Waals surface area contributed by atoms with Gasteiger partial charge in [-0.05, 0) is 18.4 Å². The Kier molecular flexibility index (Phi) is 5.18. The third-order valence-corrected chi connectivity index (χ3v) is 3.20. The lowest BCUT2D eigenvalue weighted by Gasteiger charge is -2.41. The number of nitrogens with two attached hydrogens (primary N) is 1. The van der Waals surface area contributed by atoms with Crippen LogP contribution in [0.3, 0.4) is 0 Å². The summed E-state index contributed by atoms with van der Waals surface area (Å²) < 4.78 is 5.85. The summed E-state index contributed by atoms with van der Waals surface area (Å²) in [5, 5.41) is 0. The Balaban J connectivity index is 2.57. The number of hydrazine groups is 1. The minimum absolute atomic E-state index is 0.120. The Morgan fingerprint density at radius 2 is 2.19 bits per heavy atom. The molecule has 0 saturated carbocycles. The summed E-state index contributed by atoms with van der Waals surface area (Å²) in [4.78, 5) is 2.46. The minimum Gasteiger partial charge on any atom is -0.374 e. The lowest BCUT2D eigenvalue weighted by molar-refractivity contribution is -0.0652. The van der Waals surface area contributed by atoms with Crippen molar-refractivity contribution in [3.63, 3.8) is 0 Å². The molecular weight excluding hydrogens is 202 g/mol. The molecule has 1 rings (SSSR count). The zero-order chi connectivity index (χ0) is 12.2. The van der Waals surface area contributed by atoms with Gasteiger partial charge in [-0.1, -0.05) is 27.7 Å². The lowest BCUT2D eigenvalue weighted by Crippen LogP contribution is -2.58. The van der Waals surface area contributed by atoms with E-state index in [1.807, 2.05) is 0 Å². The number of hydrogen-bond acceptors (Lipinski definition) is 4. The molecule has 2 unspecified atom stereocenters.